The van der Waals surface area contributed by atoms with Crippen molar-refractivity contribution in [1.29, 1.82) is 0 Å². The Balaban J connectivity index is 1.30. The van der Waals surface area contributed by atoms with Crippen molar-refractivity contribution in [3.63, 3.8) is 0 Å². The Labute approximate surface area is 159 Å². The van der Waals surface area contributed by atoms with Crippen LogP contribution in [0.1, 0.15) is 37.8 Å². The normalized spacial score (nSPS) is 27.6. The summed E-state index contributed by atoms with van der Waals surface area (Å²) in [6.45, 7) is 6.91. The molecule has 0 aliphatic carbocycles. The molecule has 26 heavy (non-hydrogen) atoms. The van der Waals surface area contributed by atoms with Crippen molar-refractivity contribution in [1.82, 2.24) is 14.8 Å². The van der Waals surface area contributed by atoms with E-state index in [1.54, 1.807) is 11.3 Å². The summed E-state index contributed by atoms with van der Waals surface area (Å²) in [4.78, 5) is 21.6. The van der Waals surface area contributed by atoms with Crippen LogP contribution in [0.15, 0.2) is 10.9 Å². The van der Waals surface area contributed by atoms with E-state index in [9.17, 15) is 4.79 Å². The van der Waals surface area contributed by atoms with Gasteiger partial charge in [0.25, 0.3) is 0 Å². The van der Waals surface area contributed by atoms with Crippen LogP contribution in [-0.2, 0) is 20.8 Å². The monoisotopic (exact) mass is 379 g/mol. The Bertz CT molecular complexity index is 581. The first kappa shape index (κ1) is 18.3. The first-order valence-corrected chi connectivity index (χ1v) is 10.8. The predicted octanol–water partition coefficient (Wildman–Crippen LogP) is 2.15. The third-order valence-electron chi connectivity index (χ3n) is 5.97. The molecule has 0 aromatic carbocycles. The number of rotatable bonds is 4. The van der Waals surface area contributed by atoms with Crippen LogP contribution in [-0.4, -0.2) is 72.3 Å². The smallest absolute Gasteiger partial charge is 0.225 e. The largest absolute Gasteiger partial charge is 0.381 e. The number of nitrogens with zero attached hydrogens (tertiary/aromatic N) is 3. The summed E-state index contributed by atoms with van der Waals surface area (Å²) >= 11 is 1.58. The number of carbonyl (C=O) groups is 1. The van der Waals surface area contributed by atoms with Crippen molar-refractivity contribution in [3.8, 4) is 0 Å². The van der Waals surface area contributed by atoms with Crippen LogP contribution in [0.25, 0.3) is 0 Å². The van der Waals surface area contributed by atoms with Gasteiger partial charge in [-0.15, -0.1) is 11.3 Å². The number of carbonyl (C=O) groups excluding carboxylic acids is 1. The molecule has 3 fully saturated rings. The van der Waals surface area contributed by atoms with Crippen LogP contribution < -0.4 is 0 Å². The van der Waals surface area contributed by atoms with E-state index >= 15 is 0 Å². The van der Waals surface area contributed by atoms with Crippen LogP contribution in [0.4, 0.5) is 0 Å². The van der Waals surface area contributed by atoms with Crippen LogP contribution in [0.5, 0.6) is 0 Å². The maximum atomic E-state index is 12.8. The van der Waals surface area contributed by atoms with Crippen LogP contribution in [0.3, 0.4) is 0 Å². The van der Waals surface area contributed by atoms with Crippen molar-refractivity contribution in [2.24, 2.45) is 5.92 Å². The molecule has 0 radical (unpaired) electrons. The number of thiazole rings is 1. The summed E-state index contributed by atoms with van der Waals surface area (Å²) in [5.74, 6) is 0.882. The van der Waals surface area contributed by atoms with Crippen molar-refractivity contribution in [3.05, 3.63) is 16.6 Å². The number of likely N-dealkylation sites (tertiary alicyclic amines) is 1. The second-order valence-corrected chi connectivity index (χ2v) is 8.61. The molecule has 0 saturated carbocycles. The maximum Gasteiger partial charge on any atom is 0.225 e. The Morgan fingerprint density at radius 2 is 2.15 bits per heavy atom. The SMILES string of the molecule is O=C1CC2(CCN(CC3CCCOC3)CC2)OCCN1Cc1cscn1. The molecule has 1 amide bonds. The molecule has 1 unspecified atom stereocenters. The highest BCUT2D eigenvalue weighted by molar-refractivity contribution is 7.07. The zero-order valence-electron chi connectivity index (χ0n) is 15.4. The Kier molecular flexibility index (Phi) is 5.88. The average molecular weight is 380 g/mol. The fourth-order valence-corrected chi connectivity index (χ4v) is 4.94. The molecule has 7 heteroatoms. The molecular formula is C19H29N3O3S. The van der Waals surface area contributed by atoms with Crippen molar-refractivity contribution >= 4 is 17.2 Å². The van der Waals surface area contributed by atoms with Gasteiger partial charge in [-0.2, -0.15) is 0 Å². The zero-order chi connectivity index (χ0) is 17.8. The molecule has 6 nitrogen and oxygen atoms in total. The molecule has 1 atom stereocenters. The molecule has 1 spiro atoms. The number of aromatic nitrogens is 1. The number of amides is 1. The zero-order valence-corrected chi connectivity index (χ0v) is 16.2. The van der Waals surface area contributed by atoms with E-state index in [1.165, 1.54) is 12.8 Å². The average Bonchev–Trinajstić information content (AvgIpc) is 3.12. The summed E-state index contributed by atoms with van der Waals surface area (Å²) in [5, 5.41) is 2.02. The van der Waals surface area contributed by atoms with E-state index in [0.29, 0.717) is 32.0 Å². The molecular weight excluding hydrogens is 350 g/mol. The summed E-state index contributed by atoms with van der Waals surface area (Å²) < 4.78 is 11.9. The first-order valence-electron chi connectivity index (χ1n) is 9.81. The first-order chi connectivity index (χ1) is 12.7. The minimum Gasteiger partial charge on any atom is -0.381 e. The van der Waals surface area contributed by atoms with Crippen molar-refractivity contribution in [2.45, 2.75) is 44.2 Å². The molecule has 3 aliphatic heterocycles. The molecule has 0 N–H and O–H groups in total. The van der Waals surface area contributed by atoms with Crippen LogP contribution >= 0.6 is 11.3 Å². The van der Waals surface area contributed by atoms with E-state index < -0.39 is 0 Å². The Morgan fingerprint density at radius 1 is 1.27 bits per heavy atom. The highest BCUT2D eigenvalue weighted by Crippen LogP contribution is 2.33. The minimum atomic E-state index is -0.256. The predicted molar refractivity (Wildman–Crippen MR) is 100 cm³/mol. The van der Waals surface area contributed by atoms with Gasteiger partial charge in [-0.25, -0.2) is 4.98 Å². The highest BCUT2D eigenvalue weighted by Gasteiger charge is 2.41. The summed E-state index contributed by atoms with van der Waals surface area (Å²) in [5.41, 5.74) is 2.54. The van der Waals surface area contributed by atoms with Gasteiger partial charge in [0.15, 0.2) is 0 Å². The van der Waals surface area contributed by atoms with Gasteiger partial charge >= 0.3 is 0 Å². The van der Waals surface area contributed by atoms with Gasteiger partial charge in [0.1, 0.15) is 0 Å². The lowest BCUT2D eigenvalue weighted by Gasteiger charge is -2.41. The second kappa shape index (κ2) is 8.33. The van der Waals surface area contributed by atoms with Crippen molar-refractivity contribution < 1.29 is 14.3 Å². The van der Waals surface area contributed by atoms with E-state index in [-0.39, 0.29) is 11.5 Å². The molecule has 3 saturated heterocycles. The number of hydrogen-bond donors (Lipinski definition) is 0. The molecule has 1 aromatic rings. The highest BCUT2D eigenvalue weighted by atomic mass is 32.1. The number of ether oxygens (including phenoxy) is 2. The van der Waals surface area contributed by atoms with Crippen LogP contribution in [0.2, 0.25) is 0 Å². The maximum absolute atomic E-state index is 12.8. The fraction of sp³-hybridized carbons (Fsp3) is 0.789. The van der Waals surface area contributed by atoms with Gasteiger partial charge in [-0.05, 0) is 31.6 Å². The molecule has 4 rings (SSSR count). The molecule has 4 heterocycles. The molecule has 3 aliphatic rings. The fourth-order valence-electron chi connectivity index (χ4n) is 4.39. The standard InChI is InChI=1S/C19H29N3O3S/c23-18-10-19(25-9-7-22(18)12-17-14-26-15-20-17)3-5-21(6-4-19)11-16-2-1-8-24-13-16/h14-16H,1-13H2. The minimum absolute atomic E-state index is 0.213. The second-order valence-electron chi connectivity index (χ2n) is 7.89. The van der Waals surface area contributed by atoms with Gasteiger partial charge in [0.05, 0.1) is 43.0 Å². The van der Waals surface area contributed by atoms with Gasteiger partial charge in [0, 0.05) is 38.2 Å². The van der Waals surface area contributed by atoms with E-state index in [1.807, 2.05) is 15.8 Å². The van der Waals surface area contributed by atoms with Gasteiger partial charge < -0.3 is 19.3 Å². The van der Waals surface area contributed by atoms with E-state index in [4.69, 9.17) is 9.47 Å². The summed E-state index contributed by atoms with van der Waals surface area (Å²) in [6.07, 6.45) is 4.89. The lowest BCUT2D eigenvalue weighted by Crippen LogP contribution is -2.48. The van der Waals surface area contributed by atoms with Crippen molar-refractivity contribution in [2.75, 3.05) is 46.0 Å². The van der Waals surface area contributed by atoms with Gasteiger partial charge in [-0.3, -0.25) is 4.79 Å². The van der Waals surface area contributed by atoms with Crippen LogP contribution in [0, 0.1) is 5.92 Å². The Hall–Kier alpha value is -1.02. The molecule has 1 aromatic heterocycles. The van der Waals surface area contributed by atoms with E-state index in [0.717, 1.165) is 51.4 Å². The summed E-state index contributed by atoms with van der Waals surface area (Å²) in [7, 11) is 0. The third kappa shape index (κ3) is 4.44. The van der Waals surface area contributed by atoms with Gasteiger partial charge in [-0.1, -0.05) is 0 Å². The Morgan fingerprint density at radius 3 is 2.88 bits per heavy atom. The lowest BCUT2D eigenvalue weighted by molar-refractivity contribution is -0.136. The number of piperidine rings is 1. The third-order valence-corrected chi connectivity index (χ3v) is 6.61. The van der Waals surface area contributed by atoms with Gasteiger partial charge in [0.2, 0.25) is 5.91 Å². The quantitative estimate of drug-likeness (QED) is 0.802. The number of hydrogen-bond acceptors (Lipinski definition) is 6. The molecule has 144 valence electrons. The topological polar surface area (TPSA) is 54.9 Å². The van der Waals surface area contributed by atoms with E-state index in [2.05, 4.69) is 9.88 Å². The summed E-state index contributed by atoms with van der Waals surface area (Å²) in [6, 6.07) is 0. The lowest BCUT2D eigenvalue weighted by atomic mass is 9.87. The molecule has 0 bridgehead atoms.